The van der Waals surface area contributed by atoms with E-state index < -0.39 is 6.10 Å². The highest BCUT2D eigenvalue weighted by Crippen LogP contribution is 2.28. The highest BCUT2D eigenvalue weighted by molar-refractivity contribution is 5.83. The Morgan fingerprint density at radius 1 is 1.03 bits per heavy atom. The van der Waals surface area contributed by atoms with Crippen LogP contribution in [0.25, 0.3) is 22.1 Å². The van der Waals surface area contributed by atoms with Crippen LogP contribution in [0.3, 0.4) is 0 Å². The van der Waals surface area contributed by atoms with Crippen LogP contribution in [0.15, 0.2) is 75.9 Å². The lowest BCUT2D eigenvalue weighted by Gasteiger charge is -2.30. The molecule has 0 saturated carbocycles. The molecule has 0 bridgehead atoms. The monoisotopic (exact) mass is 471 g/mol. The van der Waals surface area contributed by atoms with Crippen LogP contribution in [-0.2, 0) is 13.0 Å². The largest absolute Gasteiger partial charge is 0.497 e. The zero-order valence-electron chi connectivity index (χ0n) is 20.0. The zero-order valence-corrected chi connectivity index (χ0v) is 20.0. The molecule has 1 aliphatic heterocycles. The summed E-state index contributed by atoms with van der Waals surface area (Å²) in [6.07, 6.45) is 0.368. The third kappa shape index (κ3) is 4.94. The van der Waals surface area contributed by atoms with Crippen LogP contribution in [-0.4, -0.2) is 42.9 Å². The van der Waals surface area contributed by atoms with Crippen LogP contribution < -0.4 is 14.9 Å². The number of nitrogens with zero attached hydrogens (tertiary/aromatic N) is 1. The second-order valence-electron chi connectivity index (χ2n) is 8.97. The van der Waals surface area contributed by atoms with E-state index in [0.717, 1.165) is 30.8 Å². The van der Waals surface area contributed by atoms with Crippen molar-refractivity contribution in [3.8, 4) is 22.6 Å². The number of benzene rings is 3. The van der Waals surface area contributed by atoms with E-state index in [-0.39, 0.29) is 12.0 Å². The van der Waals surface area contributed by atoms with Gasteiger partial charge in [-0.25, -0.2) is 0 Å². The first-order valence-electron chi connectivity index (χ1n) is 11.8. The summed E-state index contributed by atoms with van der Waals surface area (Å²) in [6, 6.07) is 21.0. The first-order valence-corrected chi connectivity index (χ1v) is 11.8. The maximum Gasteiger partial charge on any atom is 0.200 e. The Morgan fingerprint density at radius 3 is 2.54 bits per heavy atom. The van der Waals surface area contributed by atoms with E-state index in [4.69, 9.17) is 13.9 Å². The summed E-state index contributed by atoms with van der Waals surface area (Å²) >= 11 is 0. The van der Waals surface area contributed by atoms with Gasteiger partial charge in [0.1, 0.15) is 35.6 Å². The molecule has 1 N–H and O–H groups in total. The molecule has 0 fully saturated rings. The average Bonchev–Trinajstić information content (AvgIpc) is 2.87. The lowest BCUT2D eigenvalue weighted by Crippen LogP contribution is -2.38. The minimum absolute atomic E-state index is 0.0918. The highest BCUT2D eigenvalue weighted by atomic mass is 16.5. The molecule has 6 nitrogen and oxygen atoms in total. The van der Waals surface area contributed by atoms with Gasteiger partial charge in [-0.3, -0.25) is 9.69 Å². The number of ether oxygens (including phenoxy) is 2. The minimum atomic E-state index is -0.623. The Kier molecular flexibility index (Phi) is 6.57. The molecule has 0 spiro atoms. The van der Waals surface area contributed by atoms with Crippen molar-refractivity contribution in [1.82, 2.24) is 4.90 Å². The average molecular weight is 472 g/mol. The molecule has 6 heteroatoms. The molecule has 0 amide bonds. The van der Waals surface area contributed by atoms with Gasteiger partial charge in [-0.2, -0.15) is 0 Å². The number of hydrogen-bond acceptors (Lipinski definition) is 6. The predicted molar refractivity (Wildman–Crippen MR) is 136 cm³/mol. The number of rotatable bonds is 7. The third-order valence-electron chi connectivity index (χ3n) is 6.54. The van der Waals surface area contributed by atoms with Crippen molar-refractivity contribution < 1.29 is 19.0 Å². The van der Waals surface area contributed by atoms with Gasteiger partial charge in [0.15, 0.2) is 0 Å². The van der Waals surface area contributed by atoms with Crippen molar-refractivity contribution in [3.63, 3.8) is 0 Å². The zero-order chi connectivity index (χ0) is 24.4. The van der Waals surface area contributed by atoms with Gasteiger partial charge in [0, 0.05) is 25.7 Å². The van der Waals surface area contributed by atoms with Gasteiger partial charge in [0.2, 0.25) is 5.43 Å². The predicted octanol–water partition coefficient (Wildman–Crippen LogP) is 4.58. The van der Waals surface area contributed by atoms with Gasteiger partial charge >= 0.3 is 0 Å². The van der Waals surface area contributed by atoms with Crippen LogP contribution in [0.2, 0.25) is 0 Å². The number of hydrogen-bond donors (Lipinski definition) is 1. The number of aryl methyl sites for hydroxylation is 1. The number of aliphatic hydroxyl groups excluding tert-OH is 1. The lowest BCUT2D eigenvalue weighted by molar-refractivity contribution is 0.0638. The van der Waals surface area contributed by atoms with Crippen LogP contribution >= 0.6 is 0 Å². The lowest BCUT2D eigenvalue weighted by atomic mass is 10.00. The van der Waals surface area contributed by atoms with Crippen LogP contribution in [0.4, 0.5) is 0 Å². The van der Waals surface area contributed by atoms with Gasteiger partial charge < -0.3 is 19.0 Å². The number of methoxy groups -OCH3 is 1. The molecule has 2 heterocycles. The third-order valence-corrected chi connectivity index (χ3v) is 6.54. The minimum Gasteiger partial charge on any atom is -0.497 e. The van der Waals surface area contributed by atoms with E-state index in [2.05, 4.69) is 29.2 Å². The summed E-state index contributed by atoms with van der Waals surface area (Å²) < 4.78 is 17.1. The molecule has 4 aromatic rings. The van der Waals surface area contributed by atoms with Crippen molar-refractivity contribution in [1.29, 1.82) is 0 Å². The number of fused-ring (bicyclic) bond motifs is 2. The van der Waals surface area contributed by atoms with E-state index in [1.165, 1.54) is 11.1 Å². The molecule has 0 unspecified atom stereocenters. The Hall–Kier alpha value is -3.61. The van der Waals surface area contributed by atoms with E-state index in [9.17, 15) is 9.90 Å². The topological polar surface area (TPSA) is 72.1 Å². The quantitative estimate of drug-likeness (QED) is 0.426. The Balaban J connectivity index is 1.27. The van der Waals surface area contributed by atoms with Gasteiger partial charge in [-0.15, -0.1) is 0 Å². The molecular weight excluding hydrogens is 442 g/mol. The SMILES string of the molecule is COc1ccc(-c2c(C)oc3cc(OC[C@H](O)CN4CCc5ccccc5C4)ccc3c2=O)cc1. The van der Waals surface area contributed by atoms with Crippen molar-refractivity contribution >= 4 is 11.0 Å². The van der Waals surface area contributed by atoms with Crippen molar-refractivity contribution in [2.24, 2.45) is 0 Å². The van der Waals surface area contributed by atoms with Gasteiger partial charge in [0.25, 0.3) is 0 Å². The summed E-state index contributed by atoms with van der Waals surface area (Å²) in [7, 11) is 1.61. The fourth-order valence-electron chi connectivity index (χ4n) is 4.72. The van der Waals surface area contributed by atoms with Gasteiger partial charge in [-0.1, -0.05) is 36.4 Å². The molecule has 0 aliphatic carbocycles. The van der Waals surface area contributed by atoms with Crippen LogP contribution in [0.1, 0.15) is 16.9 Å². The van der Waals surface area contributed by atoms with Crippen molar-refractivity contribution in [2.45, 2.75) is 26.0 Å². The first kappa shape index (κ1) is 23.1. The molecule has 1 atom stereocenters. The maximum absolute atomic E-state index is 13.2. The molecule has 3 aromatic carbocycles. The molecule has 180 valence electrons. The number of aliphatic hydroxyl groups is 1. The fourth-order valence-corrected chi connectivity index (χ4v) is 4.72. The van der Waals surface area contributed by atoms with Gasteiger partial charge in [0.05, 0.1) is 18.1 Å². The van der Waals surface area contributed by atoms with Crippen LogP contribution in [0.5, 0.6) is 11.5 Å². The molecule has 0 radical (unpaired) electrons. The Labute approximate surface area is 204 Å². The first-order chi connectivity index (χ1) is 17.0. The second kappa shape index (κ2) is 9.94. The Bertz CT molecular complexity index is 1390. The Morgan fingerprint density at radius 2 is 1.77 bits per heavy atom. The fraction of sp³-hybridized carbons (Fsp3) is 0.276. The normalized spacial score (nSPS) is 14.5. The second-order valence-corrected chi connectivity index (χ2v) is 8.97. The smallest absolute Gasteiger partial charge is 0.200 e. The molecule has 1 aromatic heterocycles. The van der Waals surface area contributed by atoms with E-state index in [1.807, 2.05) is 24.3 Å². The molecule has 5 rings (SSSR count). The summed E-state index contributed by atoms with van der Waals surface area (Å²) in [4.78, 5) is 15.5. The number of β-amino-alcohol motifs (C(OH)–C–C–N with tert-alkyl or cyclic N) is 1. The van der Waals surface area contributed by atoms with Crippen molar-refractivity contribution in [3.05, 3.63) is 93.8 Å². The molecular formula is C29H29NO5. The summed E-state index contributed by atoms with van der Waals surface area (Å²) in [5.41, 5.74) is 4.39. The van der Waals surface area contributed by atoms with Crippen molar-refractivity contribution in [2.75, 3.05) is 26.8 Å². The molecule has 1 aliphatic rings. The standard InChI is InChI=1S/C29H29NO5/c1-19-28(21-7-9-24(33-2)10-8-21)29(32)26-12-11-25(15-27(26)35-19)34-18-23(31)17-30-14-13-20-5-3-4-6-22(20)16-30/h3-12,15,23,31H,13-14,16-18H2,1-2H3/t23-/m1/s1. The summed E-state index contributed by atoms with van der Waals surface area (Å²) in [5.74, 6) is 1.82. The van der Waals surface area contributed by atoms with E-state index in [0.29, 0.717) is 34.6 Å². The van der Waals surface area contributed by atoms with Gasteiger partial charge in [-0.05, 0) is 54.3 Å². The van der Waals surface area contributed by atoms with E-state index in [1.54, 1.807) is 32.2 Å². The summed E-state index contributed by atoms with van der Waals surface area (Å²) in [5, 5.41) is 11.1. The summed E-state index contributed by atoms with van der Waals surface area (Å²) in [6.45, 7) is 4.25. The molecule has 0 saturated heterocycles. The molecule has 35 heavy (non-hydrogen) atoms. The maximum atomic E-state index is 13.2. The highest BCUT2D eigenvalue weighted by Gasteiger charge is 2.19. The van der Waals surface area contributed by atoms with E-state index >= 15 is 0 Å². The van der Waals surface area contributed by atoms with Crippen LogP contribution in [0, 0.1) is 6.92 Å².